The zero-order chi connectivity index (χ0) is 20.8. The highest BCUT2D eigenvalue weighted by Crippen LogP contribution is 2.64. The van der Waals surface area contributed by atoms with Crippen molar-refractivity contribution >= 4 is 17.7 Å². The van der Waals surface area contributed by atoms with Crippen LogP contribution >= 0.6 is 0 Å². The Morgan fingerprint density at radius 3 is 2.72 bits per heavy atom. The standard InChI is InChI=1S/C24H34O5/c1-14-13-24(2)19(10-11-20(24)29-22(28)5-3-4-21(26)27)18-8-6-15-12-16(25)7-9-17(15)23(14)18/h12,14,17-20,23H,3-11,13H2,1-2H3,(H,26,27). The number of hydrogen-bond acceptors (Lipinski definition) is 4. The molecule has 0 heterocycles. The van der Waals surface area contributed by atoms with Gasteiger partial charge in [0.05, 0.1) is 0 Å². The molecule has 3 fully saturated rings. The lowest BCUT2D eigenvalue weighted by Gasteiger charge is -2.56. The Morgan fingerprint density at radius 2 is 1.97 bits per heavy atom. The highest BCUT2D eigenvalue weighted by Gasteiger charge is 2.59. The van der Waals surface area contributed by atoms with Crippen LogP contribution in [0.3, 0.4) is 0 Å². The average molecular weight is 403 g/mol. The molecule has 0 spiro atoms. The van der Waals surface area contributed by atoms with E-state index in [-0.39, 0.29) is 30.3 Å². The van der Waals surface area contributed by atoms with Crippen LogP contribution in [0.4, 0.5) is 0 Å². The molecule has 7 unspecified atom stereocenters. The molecule has 0 aliphatic heterocycles. The van der Waals surface area contributed by atoms with E-state index in [4.69, 9.17) is 9.84 Å². The predicted molar refractivity (Wildman–Crippen MR) is 108 cm³/mol. The molecule has 0 radical (unpaired) electrons. The number of ether oxygens (including phenoxy) is 1. The fourth-order valence-electron chi connectivity index (χ4n) is 7.52. The molecule has 4 aliphatic rings. The number of fused-ring (bicyclic) bond motifs is 5. The summed E-state index contributed by atoms with van der Waals surface area (Å²) in [4.78, 5) is 34.9. The van der Waals surface area contributed by atoms with Gasteiger partial charge in [-0.05, 0) is 80.6 Å². The van der Waals surface area contributed by atoms with Gasteiger partial charge in [-0.15, -0.1) is 0 Å². The number of allylic oxidation sites excluding steroid dienone is 1. The van der Waals surface area contributed by atoms with Gasteiger partial charge < -0.3 is 9.84 Å². The Kier molecular flexibility index (Phi) is 5.60. The molecule has 4 aliphatic carbocycles. The normalized spacial score (nSPS) is 41.0. The van der Waals surface area contributed by atoms with Crippen LogP contribution in [-0.2, 0) is 19.1 Å². The lowest BCUT2D eigenvalue weighted by molar-refractivity contribution is -0.161. The Morgan fingerprint density at radius 1 is 1.17 bits per heavy atom. The van der Waals surface area contributed by atoms with Crippen molar-refractivity contribution in [2.24, 2.45) is 35.0 Å². The molecule has 29 heavy (non-hydrogen) atoms. The number of ketones is 1. The molecule has 5 heteroatoms. The molecule has 0 amide bonds. The van der Waals surface area contributed by atoms with Gasteiger partial charge in [-0.2, -0.15) is 0 Å². The summed E-state index contributed by atoms with van der Waals surface area (Å²) in [5, 5.41) is 8.77. The number of carboxylic acids is 1. The van der Waals surface area contributed by atoms with Gasteiger partial charge in [-0.1, -0.05) is 19.4 Å². The smallest absolute Gasteiger partial charge is 0.306 e. The van der Waals surface area contributed by atoms with Crippen LogP contribution in [0.5, 0.6) is 0 Å². The average Bonchev–Trinajstić information content (AvgIpc) is 2.96. The summed E-state index contributed by atoms with van der Waals surface area (Å²) in [6, 6.07) is 0. The largest absolute Gasteiger partial charge is 0.481 e. The fraction of sp³-hybridized carbons (Fsp3) is 0.792. The first-order chi connectivity index (χ1) is 13.8. The first kappa shape index (κ1) is 20.6. The molecule has 0 bridgehead atoms. The van der Waals surface area contributed by atoms with Gasteiger partial charge in [-0.25, -0.2) is 0 Å². The van der Waals surface area contributed by atoms with E-state index in [9.17, 15) is 14.4 Å². The summed E-state index contributed by atoms with van der Waals surface area (Å²) in [6.07, 6.45) is 9.48. The van der Waals surface area contributed by atoms with Crippen molar-refractivity contribution in [3.05, 3.63) is 11.6 Å². The van der Waals surface area contributed by atoms with E-state index in [2.05, 4.69) is 13.8 Å². The molecule has 3 saturated carbocycles. The van der Waals surface area contributed by atoms with Crippen molar-refractivity contribution in [3.8, 4) is 0 Å². The second-order valence-electron chi connectivity index (χ2n) is 10.2. The van der Waals surface area contributed by atoms with Crippen molar-refractivity contribution in [1.82, 2.24) is 0 Å². The molecule has 0 saturated heterocycles. The Labute approximate surface area is 173 Å². The summed E-state index contributed by atoms with van der Waals surface area (Å²) in [6.45, 7) is 4.69. The first-order valence-corrected chi connectivity index (χ1v) is 11.4. The highest BCUT2D eigenvalue weighted by molar-refractivity contribution is 5.91. The van der Waals surface area contributed by atoms with Gasteiger partial charge in [0, 0.05) is 24.7 Å². The van der Waals surface area contributed by atoms with Crippen molar-refractivity contribution < 1.29 is 24.2 Å². The lowest BCUT2D eigenvalue weighted by Crippen LogP contribution is -2.51. The Hall–Kier alpha value is -1.65. The molecule has 4 rings (SSSR count). The topological polar surface area (TPSA) is 80.7 Å². The minimum Gasteiger partial charge on any atom is -0.481 e. The molecule has 0 aromatic rings. The van der Waals surface area contributed by atoms with E-state index in [0.717, 1.165) is 38.5 Å². The third-order valence-corrected chi connectivity index (χ3v) is 8.55. The second kappa shape index (κ2) is 7.88. The van der Waals surface area contributed by atoms with Crippen LogP contribution < -0.4 is 0 Å². The molecule has 0 aromatic heterocycles. The van der Waals surface area contributed by atoms with Crippen LogP contribution in [0, 0.1) is 35.0 Å². The van der Waals surface area contributed by atoms with Gasteiger partial charge in [-0.3, -0.25) is 14.4 Å². The fourth-order valence-corrected chi connectivity index (χ4v) is 7.52. The van der Waals surface area contributed by atoms with Crippen molar-refractivity contribution in [2.75, 3.05) is 0 Å². The molecule has 0 aromatic carbocycles. The van der Waals surface area contributed by atoms with Crippen LogP contribution in [0.15, 0.2) is 11.6 Å². The molecular weight excluding hydrogens is 368 g/mol. The van der Waals surface area contributed by atoms with Gasteiger partial charge in [0.2, 0.25) is 0 Å². The Bertz CT molecular complexity index is 725. The zero-order valence-corrected chi connectivity index (χ0v) is 17.7. The quantitative estimate of drug-likeness (QED) is 0.683. The minimum atomic E-state index is -0.868. The van der Waals surface area contributed by atoms with Gasteiger partial charge in [0.15, 0.2) is 5.78 Å². The summed E-state index contributed by atoms with van der Waals surface area (Å²) in [7, 11) is 0. The van der Waals surface area contributed by atoms with E-state index in [1.54, 1.807) is 0 Å². The van der Waals surface area contributed by atoms with Crippen molar-refractivity contribution in [1.29, 1.82) is 0 Å². The molecule has 5 nitrogen and oxygen atoms in total. The number of aliphatic carboxylic acids is 1. The maximum Gasteiger partial charge on any atom is 0.306 e. The maximum atomic E-state index is 12.3. The van der Waals surface area contributed by atoms with E-state index >= 15 is 0 Å². The predicted octanol–water partition coefficient (Wildman–Crippen LogP) is 4.54. The molecule has 7 atom stereocenters. The molecule has 160 valence electrons. The third-order valence-electron chi connectivity index (χ3n) is 8.55. The summed E-state index contributed by atoms with van der Waals surface area (Å²) in [5.41, 5.74) is 1.42. The molecule has 1 N–H and O–H groups in total. The van der Waals surface area contributed by atoms with Gasteiger partial charge in [0.1, 0.15) is 6.10 Å². The summed E-state index contributed by atoms with van der Waals surface area (Å²) < 4.78 is 5.93. The van der Waals surface area contributed by atoms with Crippen LogP contribution in [0.1, 0.15) is 78.1 Å². The molecular formula is C24H34O5. The summed E-state index contributed by atoms with van der Waals surface area (Å²) in [5.74, 6) is 2.23. The van der Waals surface area contributed by atoms with Crippen LogP contribution in [0.25, 0.3) is 0 Å². The number of esters is 1. The monoisotopic (exact) mass is 402 g/mol. The van der Waals surface area contributed by atoms with Crippen LogP contribution in [-0.4, -0.2) is 28.9 Å². The van der Waals surface area contributed by atoms with Crippen molar-refractivity contribution in [2.45, 2.75) is 84.2 Å². The van der Waals surface area contributed by atoms with Crippen molar-refractivity contribution in [3.63, 3.8) is 0 Å². The van der Waals surface area contributed by atoms with Gasteiger partial charge in [0.25, 0.3) is 0 Å². The third kappa shape index (κ3) is 3.77. The second-order valence-corrected chi connectivity index (χ2v) is 10.2. The van der Waals surface area contributed by atoms with Gasteiger partial charge >= 0.3 is 11.9 Å². The van der Waals surface area contributed by atoms with E-state index in [1.165, 1.54) is 5.57 Å². The number of carboxylic acid groups (broad SMARTS) is 1. The number of hydrogen-bond donors (Lipinski definition) is 1. The van der Waals surface area contributed by atoms with E-state index < -0.39 is 5.97 Å². The minimum absolute atomic E-state index is 0.0141. The maximum absolute atomic E-state index is 12.3. The number of carbonyl (C=O) groups excluding carboxylic acids is 2. The zero-order valence-electron chi connectivity index (χ0n) is 17.7. The van der Waals surface area contributed by atoms with E-state index in [0.29, 0.717) is 48.2 Å². The summed E-state index contributed by atoms with van der Waals surface area (Å²) >= 11 is 0. The Balaban J connectivity index is 1.46. The lowest BCUT2D eigenvalue weighted by atomic mass is 9.49. The first-order valence-electron chi connectivity index (χ1n) is 11.4. The van der Waals surface area contributed by atoms with Crippen LogP contribution in [0.2, 0.25) is 0 Å². The SMILES string of the molecule is CC1CC2(C)C(OC(=O)CCCC(=O)O)CCC2C2CCC3=CC(=O)CCC3C12. The number of rotatable bonds is 5. The van der Waals surface area contributed by atoms with E-state index in [1.807, 2.05) is 6.08 Å². The number of carbonyl (C=O) groups is 3. The highest BCUT2D eigenvalue weighted by atomic mass is 16.5.